The first-order chi connectivity index (χ1) is 12.3. The van der Waals surface area contributed by atoms with Gasteiger partial charge in [-0.2, -0.15) is 5.48 Å². The van der Waals surface area contributed by atoms with Gasteiger partial charge in [-0.3, -0.25) is 0 Å². The first-order valence-corrected chi connectivity index (χ1v) is 8.60. The molecular weight excluding hydrogens is 318 g/mol. The summed E-state index contributed by atoms with van der Waals surface area (Å²) < 4.78 is 11.9. The van der Waals surface area contributed by atoms with Gasteiger partial charge < -0.3 is 14.3 Å². The predicted octanol–water partition coefficient (Wildman–Crippen LogP) is 2.72. The highest BCUT2D eigenvalue weighted by Crippen LogP contribution is 2.35. The van der Waals surface area contributed by atoms with Gasteiger partial charge in [0.05, 0.1) is 24.9 Å². The lowest BCUT2D eigenvalue weighted by molar-refractivity contribution is -0.0655. The quantitative estimate of drug-likeness (QED) is 0.849. The van der Waals surface area contributed by atoms with E-state index in [1.54, 1.807) is 12.1 Å². The number of benzene rings is 2. The van der Waals surface area contributed by atoms with Crippen LogP contribution in [0.2, 0.25) is 0 Å². The second-order valence-electron chi connectivity index (χ2n) is 6.51. The van der Waals surface area contributed by atoms with Crippen LogP contribution in [0.25, 0.3) is 0 Å². The molecule has 4 rings (SSSR count). The summed E-state index contributed by atoms with van der Waals surface area (Å²) in [6.45, 7) is 1.04. The van der Waals surface area contributed by atoms with Crippen molar-refractivity contribution in [2.24, 2.45) is 5.92 Å². The molecule has 0 unspecified atom stereocenters. The molecule has 2 aromatic rings. The standard InChI is InChI=1S/C20H21NO4/c22-20(15-9-5-2-6-10-15)25-19-16-13-24-21-17(16)11-18(19)23-12-14-7-3-1-4-8-14/h1-10,16-19,21H,11-13H2/t16-,17-,18-,19-/m1/s1. The van der Waals surface area contributed by atoms with E-state index in [1.165, 1.54) is 0 Å². The number of hydrogen-bond acceptors (Lipinski definition) is 5. The topological polar surface area (TPSA) is 56.8 Å². The predicted molar refractivity (Wildman–Crippen MR) is 91.6 cm³/mol. The van der Waals surface area contributed by atoms with Crippen LogP contribution in [0.4, 0.5) is 0 Å². The molecule has 1 N–H and O–H groups in total. The Kier molecular flexibility index (Phi) is 4.78. The molecule has 4 atom stereocenters. The molecule has 0 bridgehead atoms. The molecule has 25 heavy (non-hydrogen) atoms. The summed E-state index contributed by atoms with van der Waals surface area (Å²) in [5.41, 5.74) is 4.68. The number of nitrogens with one attached hydrogen (secondary N) is 1. The largest absolute Gasteiger partial charge is 0.456 e. The van der Waals surface area contributed by atoms with Gasteiger partial charge in [0.2, 0.25) is 0 Å². The molecule has 1 aliphatic carbocycles. The summed E-state index contributed by atoms with van der Waals surface area (Å²) in [5, 5.41) is 0. The van der Waals surface area contributed by atoms with Crippen molar-refractivity contribution < 1.29 is 19.1 Å². The summed E-state index contributed by atoms with van der Waals surface area (Å²) in [6, 6.07) is 19.2. The van der Waals surface area contributed by atoms with E-state index in [2.05, 4.69) is 5.48 Å². The van der Waals surface area contributed by atoms with Gasteiger partial charge in [0.15, 0.2) is 0 Å². The van der Waals surface area contributed by atoms with Crippen LogP contribution in [0.5, 0.6) is 0 Å². The second kappa shape index (κ2) is 7.35. The zero-order chi connectivity index (χ0) is 17.1. The minimum Gasteiger partial charge on any atom is -0.456 e. The van der Waals surface area contributed by atoms with Crippen molar-refractivity contribution in [1.29, 1.82) is 0 Å². The third-order valence-electron chi connectivity index (χ3n) is 4.86. The highest BCUT2D eigenvalue weighted by Gasteiger charge is 2.49. The average molecular weight is 339 g/mol. The lowest BCUT2D eigenvalue weighted by Gasteiger charge is -2.24. The summed E-state index contributed by atoms with van der Waals surface area (Å²) >= 11 is 0. The number of hydrogen-bond donors (Lipinski definition) is 1. The molecule has 1 aliphatic heterocycles. The molecule has 2 aromatic carbocycles. The first kappa shape index (κ1) is 16.3. The Morgan fingerprint density at radius 3 is 2.56 bits per heavy atom. The minimum atomic E-state index is -0.313. The number of fused-ring (bicyclic) bond motifs is 1. The van der Waals surface area contributed by atoms with Crippen LogP contribution in [0.3, 0.4) is 0 Å². The highest BCUT2D eigenvalue weighted by molar-refractivity contribution is 5.89. The zero-order valence-corrected chi connectivity index (χ0v) is 13.8. The van der Waals surface area contributed by atoms with Crippen molar-refractivity contribution in [2.75, 3.05) is 6.61 Å². The van der Waals surface area contributed by atoms with Crippen molar-refractivity contribution in [3.8, 4) is 0 Å². The van der Waals surface area contributed by atoms with Crippen LogP contribution >= 0.6 is 0 Å². The Morgan fingerprint density at radius 1 is 1.08 bits per heavy atom. The smallest absolute Gasteiger partial charge is 0.338 e. The van der Waals surface area contributed by atoms with Crippen molar-refractivity contribution >= 4 is 5.97 Å². The first-order valence-electron chi connectivity index (χ1n) is 8.60. The van der Waals surface area contributed by atoms with Gasteiger partial charge in [-0.1, -0.05) is 48.5 Å². The van der Waals surface area contributed by atoms with Crippen molar-refractivity contribution in [3.63, 3.8) is 0 Å². The Balaban J connectivity index is 1.45. The van der Waals surface area contributed by atoms with Crippen LogP contribution in [-0.2, 0) is 20.9 Å². The molecule has 0 aromatic heterocycles. The number of hydroxylamine groups is 1. The van der Waals surface area contributed by atoms with Crippen LogP contribution in [0.15, 0.2) is 60.7 Å². The number of carbonyl (C=O) groups is 1. The van der Waals surface area contributed by atoms with Crippen LogP contribution in [-0.4, -0.2) is 30.8 Å². The van der Waals surface area contributed by atoms with Crippen molar-refractivity contribution in [3.05, 3.63) is 71.8 Å². The van der Waals surface area contributed by atoms with E-state index in [9.17, 15) is 4.79 Å². The van der Waals surface area contributed by atoms with Crippen LogP contribution in [0.1, 0.15) is 22.3 Å². The SMILES string of the molecule is O=C(O[C@@H]1[C@@H]2CON[C@@H]2C[C@H]1OCc1ccccc1)c1ccccc1. The van der Waals surface area contributed by atoms with E-state index < -0.39 is 0 Å². The minimum absolute atomic E-state index is 0.119. The van der Waals surface area contributed by atoms with E-state index >= 15 is 0 Å². The Bertz CT molecular complexity index is 706. The number of rotatable bonds is 5. The Hall–Kier alpha value is -2.21. The van der Waals surface area contributed by atoms with Crippen molar-refractivity contribution in [1.82, 2.24) is 5.48 Å². The number of ether oxygens (including phenoxy) is 2. The molecule has 0 radical (unpaired) electrons. The molecule has 1 saturated heterocycles. The third kappa shape index (κ3) is 3.58. The lowest BCUT2D eigenvalue weighted by Crippen LogP contribution is -2.35. The van der Waals surface area contributed by atoms with E-state index in [4.69, 9.17) is 14.3 Å². The van der Waals surface area contributed by atoms with Crippen LogP contribution < -0.4 is 5.48 Å². The van der Waals surface area contributed by atoms with Gasteiger partial charge >= 0.3 is 5.97 Å². The van der Waals surface area contributed by atoms with Crippen molar-refractivity contribution in [2.45, 2.75) is 31.3 Å². The summed E-state index contributed by atoms with van der Waals surface area (Å²) in [4.78, 5) is 17.8. The molecule has 0 amide bonds. The third-order valence-corrected chi connectivity index (χ3v) is 4.86. The average Bonchev–Trinajstić information content (AvgIpc) is 3.24. The summed E-state index contributed by atoms with van der Waals surface area (Å²) in [5.74, 6) is -0.195. The van der Waals surface area contributed by atoms with Crippen LogP contribution in [0, 0.1) is 5.92 Å². The monoisotopic (exact) mass is 339 g/mol. The van der Waals surface area contributed by atoms with Gasteiger partial charge in [-0.25, -0.2) is 4.79 Å². The molecule has 5 heteroatoms. The van der Waals surface area contributed by atoms with E-state index in [0.29, 0.717) is 18.8 Å². The molecule has 0 spiro atoms. The zero-order valence-electron chi connectivity index (χ0n) is 13.8. The molecule has 2 aliphatic rings. The fourth-order valence-electron chi connectivity index (χ4n) is 3.53. The fraction of sp³-hybridized carbons (Fsp3) is 0.350. The maximum Gasteiger partial charge on any atom is 0.338 e. The molecule has 1 heterocycles. The summed E-state index contributed by atoms with van der Waals surface area (Å²) in [7, 11) is 0. The molecule has 2 fully saturated rings. The van der Waals surface area contributed by atoms with E-state index in [1.807, 2.05) is 48.5 Å². The normalized spacial score (nSPS) is 27.8. The Morgan fingerprint density at radius 2 is 1.80 bits per heavy atom. The van der Waals surface area contributed by atoms with Gasteiger partial charge in [0, 0.05) is 12.0 Å². The molecular formula is C20H21NO4. The summed E-state index contributed by atoms with van der Waals surface area (Å²) in [6.07, 6.45) is 0.320. The molecule has 130 valence electrons. The van der Waals surface area contributed by atoms with Gasteiger partial charge in [0.25, 0.3) is 0 Å². The van der Waals surface area contributed by atoms with Gasteiger partial charge in [-0.15, -0.1) is 0 Å². The molecule has 1 saturated carbocycles. The number of carbonyl (C=O) groups excluding carboxylic acids is 1. The maximum absolute atomic E-state index is 12.5. The van der Waals surface area contributed by atoms with E-state index in [-0.39, 0.29) is 30.1 Å². The maximum atomic E-state index is 12.5. The highest BCUT2D eigenvalue weighted by atomic mass is 16.7. The molecule has 5 nitrogen and oxygen atoms in total. The van der Waals surface area contributed by atoms with Gasteiger partial charge in [-0.05, 0) is 24.1 Å². The number of esters is 1. The second-order valence-corrected chi connectivity index (χ2v) is 6.51. The fourth-order valence-corrected chi connectivity index (χ4v) is 3.53. The Labute approximate surface area is 146 Å². The van der Waals surface area contributed by atoms with Gasteiger partial charge in [0.1, 0.15) is 6.10 Å². The van der Waals surface area contributed by atoms with E-state index in [0.717, 1.165) is 12.0 Å². The lowest BCUT2D eigenvalue weighted by atomic mass is 10.0.